The van der Waals surface area contributed by atoms with E-state index >= 15 is 0 Å². The summed E-state index contributed by atoms with van der Waals surface area (Å²) < 4.78 is 18.6. The summed E-state index contributed by atoms with van der Waals surface area (Å²) in [4.78, 5) is 41.6. The molecular weight excluding hydrogens is 427 g/mol. The minimum absolute atomic E-state index is 0.0395. The van der Waals surface area contributed by atoms with Crippen LogP contribution in [0.3, 0.4) is 0 Å². The fraction of sp³-hybridized carbons (Fsp3) is 0.375. The molecule has 2 aliphatic heterocycles. The van der Waals surface area contributed by atoms with Gasteiger partial charge in [0.15, 0.2) is 0 Å². The third kappa shape index (κ3) is 5.94. The molecule has 2 saturated heterocycles. The fourth-order valence-corrected chi connectivity index (χ4v) is 4.02. The number of anilines is 2. The number of carbonyl (C=O) groups is 3. The van der Waals surface area contributed by atoms with Crippen molar-refractivity contribution in [1.29, 1.82) is 0 Å². The number of benzene rings is 2. The molecule has 0 spiro atoms. The highest BCUT2D eigenvalue weighted by atomic mass is 19.1. The van der Waals surface area contributed by atoms with Crippen LogP contribution in [0.15, 0.2) is 48.5 Å². The van der Waals surface area contributed by atoms with Crippen LogP contribution in [0.2, 0.25) is 0 Å². The van der Waals surface area contributed by atoms with Crippen LogP contribution in [0.5, 0.6) is 0 Å². The molecule has 0 saturated carbocycles. The highest BCUT2D eigenvalue weighted by Gasteiger charge is 2.30. The van der Waals surface area contributed by atoms with Gasteiger partial charge < -0.3 is 20.3 Å². The number of para-hydroxylation sites is 1. The molecule has 4 rings (SSSR count). The molecule has 8 nitrogen and oxygen atoms in total. The first-order valence-corrected chi connectivity index (χ1v) is 11.1. The third-order valence-corrected chi connectivity index (χ3v) is 5.80. The highest BCUT2D eigenvalue weighted by molar-refractivity contribution is 6.10. The van der Waals surface area contributed by atoms with Crippen LogP contribution in [-0.2, 0) is 14.3 Å². The predicted molar refractivity (Wildman–Crippen MR) is 121 cm³/mol. The molecule has 9 heteroatoms. The second-order valence-electron chi connectivity index (χ2n) is 8.16. The molecule has 174 valence electrons. The van der Waals surface area contributed by atoms with Crippen molar-refractivity contribution in [2.24, 2.45) is 0 Å². The van der Waals surface area contributed by atoms with E-state index in [0.29, 0.717) is 49.7 Å². The number of rotatable bonds is 6. The van der Waals surface area contributed by atoms with Crippen LogP contribution in [0.4, 0.5) is 15.8 Å². The topological polar surface area (TPSA) is 91.0 Å². The Bertz CT molecular complexity index is 1000. The maximum atomic E-state index is 13.1. The van der Waals surface area contributed by atoms with E-state index < -0.39 is 11.7 Å². The molecule has 2 heterocycles. The Morgan fingerprint density at radius 3 is 2.39 bits per heavy atom. The lowest BCUT2D eigenvalue weighted by molar-refractivity contribution is -0.142. The highest BCUT2D eigenvalue weighted by Crippen LogP contribution is 2.19. The van der Waals surface area contributed by atoms with E-state index in [2.05, 4.69) is 10.6 Å². The maximum Gasteiger partial charge on any atom is 0.257 e. The summed E-state index contributed by atoms with van der Waals surface area (Å²) >= 11 is 0. The van der Waals surface area contributed by atoms with Crippen molar-refractivity contribution >= 4 is 29.1 Å². The predicted octanol–water partition coefficient (Wildman–Crippen LogP) is 2.34. The Kier molecular flexibility index (Phi) is 7.31. The van der Waals surface area contributed by atoms with Crippen molar-refractivity contribution < 1.29 is 23.5 Å². The van der Waals surface area contributed by atoms with E-state index in [-0.39, 0.29) is 24.5 Å². The number of halogens is 1. The second kappa shape index (κ2) is 10.5. The van der Waals surface area contributed by atoms with Gasteiger partial charge in [0.05, 0.1) is 17.8 Å². The van der Waals surface area contributed by atoms with E-state index in [0.717, 1.165) is 12.8 Å². The second-order valence-corrected chi connectivity index (χ2v) is 8.16. The number of nitrogens with one attached hydrogen (secondary N) is 2. The zero-order valence-corrected chi connectivity index (χ0v) is 18.3. The van der Waals surface area contributed by atoms with Crippen molar-refractivity contribution in [3.05, 3.63) is 59.9 Å². The Morgan fingerprint density at radius 1 is 0.970 bits per heavy atom. The Balaban J connectivity index is 1.29. The van der Waals surface area contributed by atoms with E-state index in [9.17, 15) is 18.8 Å². The molecule has 2 aromatic rings. The number of nitrogens with zero attached hydrogens (tertiary/aromatic N) is 2. The number of ether oxygens (including phenoxy) is 1. The normalized spacial score (nSPS) is 18.7. The van der Waals surface area contributed by atoms with Crippen LogP contribution in [0.1, 0.15) is 23.2 Å². The summed E-state index contributed by atoms with van der Waals surface area (Å²) in [7, 11) is 0. The average molecular weight is 455 g/mol. The van der Waals surface area contributed by atoms with E-state index in [1.54, 1.807) is 29.2 Å². The van der Waals surface area contributed by atoms with Crippen LogP contribution in [0, 0.1) is 5.82 Å². The van der Waals surface area contributed by atoms with Crippen LogP contribution < -0.4 is 10.6 Å². The molecule has 1 atom stereocenters. The standard InChI is InChI=1S/C24H27FN4O4/c25-17-7-9-18(10-8-17)26-23(31)19-4-1-2-5-20(19)27-22(30)16-28-11-13-29(14-12-28)24(32)21-6-3-15-33-21/h1-2,4-5,7-10,21H,3,6,11-16H2,(H,26,31)(H,27,30). The van der Waals surface area contributed by atoms with Crippen LogP contribution in [-0.4, -0.2) is 73.0 Å². The molecule has 3 amide bonds. The van der Waals surface area contributed by atoms with E-state index in [4.69, 9.17) is 4.74 Å². The summed E-state index contributed by atoms with van der Waals surface area (Å²) in [6.45, 7) is 3.11. The van der Waals surface area contributed by atoms with Gasteiger partial charge in [-0.15, -0.1) is 0 Å². The number of carbonyl (C=O) groups excluding carboxylic acids is 3. The SMILES string of the molecule is O=C(CN1CCN(C(=O)C2CCCO2)CC1)Nc1ccccc1C(=O)Nc1ccc(F)cc1. The minimum atomic E-state index is -0.404. The molecule has 0 aliphatic carbocycles. The van der Waals surface area contributed by atoms with Crippen LogP contribution >= 0.6 is 0 Å². The lowest BCUT2D eigenvalue weighted by Gasteiger charge is -2.35. The zero-order valence-electron chi connectivity index (χ0n) is 18.3. The van der Waals surface area contributed by atoms with Gasteiger partial charge in [-0.1, -0.05) is 12.1 Å². The van der Waals surface area contributed by atoms with Crippen molar-refractivity contribution in [2.75, 3.05) is 50.0 Å². The number of hydrogen-bond acceptors (Lipinski definition) is 5. The average Bonchev–Trinajstić information content (AvgIpc) is 3.36. The Morgan fingerprint density at radius 2 is 1.70 bits per heavy atom. The number of piperazine rings is 1. The zero-order chi connectivity index (χ0) is 23.2. The summed E-state index contributed by atoms with van der Waals surface area (Å²) in [6.07, 6.45) is 1.37. The minimum Gasteiger partial charge on any atom is -0.368 e. The van der Waals surface area contributed by atoms with Crippen molar-refractivity contribution in [1.82, 2.24) is 9.80 Å². The van der Waals surface area contributed by atoms with Gasteiger partial charge in [-0.3, -0.25) is 19.3 Å². The van der Waals surface area contributed by atoms with E-state index in [1.807, 2.05) is 4.90 Å². The molecule has 1 unspecified atom stereocenters. The monoisotopic (exact) mass is 454 g/mol. The molecular formula is C24H27FN4O4. The van der Waals surface area contributed by atoms with Gasteiger partial charge in [0.2, 0.25) is 5.91 Å². The lowest BCUT2D eigenvalue weighted by atomic mass is 10.1. The van der Waals surface area contributed by atoms with Crippen molar-refractivity contribution in [3.8, 4) is 0 Å². The third-order valence-electron chi connectivity index (χ3n) is 5.80. The summed E-state index contributed by atoms with van der Waals surface area (Å²) in [6, 6.07) is 12.2. The van der Waals surface area contributed by atoms with Gasteiger partial charge in [-0.25, -0.2) is 4.39 Å². The smallest absolute Gasteiger partial charge is 0.257 e. The van der Waals surface area contributed by atoms with Gasteiger partial charge in [0.25, 0.3) is 11.8 Å². The number of amides is 3. The van der Waals surface area contributed by atoms with E-state index in [1.165, 1.54) is 24.3 Å². The molecule has 2 aromatic carbocycles. The first-order valence-electron chi connectivity index (χ1n) is 11.1. The van der Waals surface area contributed by atoms with Gasteiger partial charge in [-0.05, 0) is 49.2 Å². The van der Waals surface area contributed by atoms with Crippen molar-refractivity contribution in [3.63, 3.8) is 0 Å². The summed E-state index contributed by atoms with van der Waals surface area (Å²) in [5, 5.41) is 5.51. The largest absolute Gasteiger partial charge is 0.368 e. The van der Waals surface area contributed by atoms with Gasteiger partial charge in [0, 0.05) is 38.5 Å². The molecule has 0 radical (unpaired) electrons. The molecule has 2 fully saturated rings. The first kappa shape index (κ1) is 22.9. The Labute approximate surface area is 191 Å². The lowest BCUT2D eigenvalue weighted by Crippen LogP contribution is -2.52. The molecule has 0 aromatic heterocycles. The maximum absolute atomic E-state index is 13.1. The fourth-order valence-electron chi connectivity index (χ4n) is 4.02. The summed E-state index contributed by atoms with van der Waals surface area (Å²) in [5.74, 6) is -0.995. The molecule has 2 aliphatic rings. The summed E-state index contributed by atoms with van der Waals surface area (Å²) in [5.41, 5.74) is 1.16. The molecule has 0 bridgehead atoms. The van der Waals surface area contributed by atoms with Crippen LogP contribution in [0.25, 0.3) is 0 Å². The molecule has 33 heavy (non-hydrogen) atoms. The van der Waals surface area contributed by atoms with Crippen molar-refractivity contribution in [2.45, 2.75) is 18.9 Å². The van der Waals surface area contributed by atoms with Gasteiger partial charge >= 0.3 is 0 Å². The Hall–Kier alpha value is -3.30. The van der Waals surface area contributed by atoms with Gasteiger partial charge in [-0.2, -0.15) is 0 Å². The number of hydrogen-bond donors (Lipinski definition) is 2. The molecule has 2 N–H and O–H groups in total. The quantitative estimate of drug-likeness (QED) is 0.699. The van der Waals surface area contributed by atoms with Gasteiger partial charge in [0.1, 0.15) is 11.9 Å². The first-order chi connectivity index (χ1) is 16.0.